The first-order chi connectivity index (χ1) is 63.6. The van der Waals surface area contributed by atoms with Gasteiger partial charge in [-0.1, -0.05) is 23.7 Å². The number of anilines is 5. The largest absolute Gasteiger partial charge is 0.508 e. The quantitative estimate of drug-likeness (QED) is 0.0309. The van der Waals surface area contributed by atoms with Crippen molar-refractivity contribution in [1.29, 1.82) is 0 Å². The maximum absolute atomic E-state index is 14.4. The Labute approximate surface area is 765 Å². The highest BCUT2D eigenvalue weighted by Gasteiger charge is 2.66. The van der Waals surface area contributed by atoms with E-state index in [2.05, 4.69) is 69.4 Å². The van der Waals surface area contributed by atoms with Crippen LogP contribution in [0.1, 0.15) is 77.9 Å². The van der Waals surface area contributed by atoms with Crippen LogP contribution in [0, 0.1) is 36.2 Å². The summed E-state index contributed by atoms with van der Waals surface area (Å²) in [5.41, 5.74) is 19.2. The Morgan fingerprint density at radius 3 is 2.28 bits per heavy atom. The van der Waals surface area contributed by atoms with Crippen LogP contribution in [0.4, 0.5) is 51.3 Å². The molecule has 714 valence electrons. The molecule has 11 fully saturated rings. The first-order valence-electron chi connectivity index (χ1n) is 44.3. The van der Waals surface area contributed by atoms with Crippen molar-refractivity contribution in [2.45, 2.75) is 137 Å². The molecule has 1 unspecified atom stereocenters. The average Bonchev–Trinajstić information content (AvgIpc) is 1.53. The van der Waals surface area contributed by atoms with E-state index in [1.165, 1.54) is 70.7 Å². The topological polar surface area (TPSA) is 465 Å². The van der Waals surface area contributed by atoms with Crippen molar-refractivity contribution in [2.75, 3.05) is 180 Å². The summed E-state index contributed by atoms with van der Waals surface area (Å²) in [5, 5.41) is 66.6. The Balaban J connectivity index is 0.000000124. The maximum atomic E-state index is 14.4. The number of carboxylic acid groups (broad SMARTS) is 1. The molecule has 13 aliphatic heterocycles. The maximum Gasteiger partial charge on any atom is 0.414 e. The first kappa shape index (κ1) is 96.2. The van der Waals surface area contributed by atoms with Crippen molar-refractivity contribution >= 4 is 81.0 Å². The monoisotopic (exact) mass is 1860 g/mol. The van der Waals surface area contributed by atoms with Gasteiger partial charge < -0.3 is 111 Å². The second-order valence-electron chi connectivity index (χ2n) is 34.5. The number of aromatic hydroxyl groups is 1. The third-order valence-electron chi connectivity index (χ3n) is 26.2. The summed E-state index contributed by atoms with van der Waals surface area (Å²) in [4.78, 5) is 85.1. The van der Waals surface area contributed by atoms with Crippen LogP contribution in [-0.2, 0) is 76.7 Å². The minimum atomic E-state index is -1.65. The summed E-state index contributed by atoms with van der Waals surface area (Å²) in [5.74, 6) is -2.18. The van der Waals surface area contributed by atoms with Gasteiger partial charge >= 0.3 is 18.2 Å². The number of amides is 4. The van der Waals surface area contributed by atoms with Gasteiger partial charge in [0, 0.05) is 113 Å². The standard InChI is InChI=1S/C22H24ClFN4O2.C18H26FNO4.C18H22N2O4.C16H20FN3O4.C14H17N3O6.C3H6N2O2/c1-15-11-20-17(13-21(15)30-8-2-5-28-6-9-29-10-7-28)22(26-14-25-20)27-16-3-4-19(24)18(23)12-16;1-22-16-3-2-15(19)10-13(16)11-18(21,14-4-7-23-8-5-14)17-12-20-6-9-24-17;1-19-12-7-10(18(21)22)16(19)11-6-9-4-3-5-14(23-2)15(9)13-8-24-17(12)20(11)13;1-11(21)18-9-13-10-20(16(22)24-13)12-2-3-15(14(17)8-12)19-4-6-23-7-5-19;15-13(20)22-5-7-11-9(1-6(4-18)2-10(11)19)17-3-8-12(16-8)14(7,21)23-17;4-2-1-7-5-3(2)6/h3-4,11-14H,2,5-10H2,1H3,(H,25,26,27);2-3,10,14,17,20-21H,4-9,11-12H2,1H3;3-5,10-13,16-17H,6-8H2,1-2H3,(H,21,22);2-3,8,13H,4-7,9-10H2,1H3,(H,18,21);1-2,7-8,12,16,18-19,21H,3-5H2,(H2,15,20);2H,1,4H2,(H,5,6)/t;17-,18-;10-,11+,12+,13+,16-,17-;13-;7-,8-,12-,14?;2-/m.01001/s1. The van der Waals surface area contributed by atoms with Crippen molar-refractivity contribution in [2.24, 2.45) is 23.3 Å². The van der Waals surface area contributed by atoms with Crippen LogP contribution in [0.2, 0.25) is 5.02 Å². The minimum Gasteiger partial charge on any atom is -0.508 e. The molecule has 37 nitrogen and oxygen atoms in total. The Morgan fingerprint density at radius 1 is 0.833 bits per heavy atom. The second kappa shape index (κ2) is 42.9. The zero-order chi connectivity index (χ0) is 93.2. The SMILES string of the molecule is CC(=O)NC[C@H]1CN(c2ccc(N3CCOCC3)c(F)c2)C(=O)O1.COc1ccc(F)cc1C[C@](O)(C1CCOCC1)[C@@H]1CNCCO1.COc1cccc2c1[C@@H]1CO[C@@H]3[C@@H]4C[C@@H](C(=O)O)[C@H]([C@H](C2)N31)N4C.Cc1cc2ncnc(Nc3ccc(F)c(Cl)c3)c2cc1OCCCN1CCOCC1.NC(=O)OC[C@H]1c2c(O)cc(CO)cc2N2C[C@@H]3N[C@@H]3C1(O)O2.N[C@@H]1CONC1=O. The highest BCUT2D eigenvalue weighted by Crippen LogP contribution is 2.55. The number of cyclic esters (lactones) is 1. The van der Waals surface area contributed by atoms with Crippen molar-refractivity contribution in [1.82, 2.24) is 46.1 Å². The molecule has 14 N–H and O–H groups in total. The molecule has 0 radical (unpaired) electrons. The van der Waals surface area contributed by atoms with E-state index in [0.717, 1.165) is 93.0 Å². The fourth-order valence-electron chi connectivity index (χ4n) is 19.6. The van der Waals surface area contributed by atoms with Gasteiger partial charge in [0.25, 0.3) is 5.91 Å². The van der Waals surface area contributed by atoms with Crippen LogP contribution in [0.5, 0.6) is 23.0 Å². The number of hydroxylamine groups is 2. The van der Waals surface area contributed by atoms with E-state index in [1.54, 1.807) is 44.6 Å². The number of carboxylic acids is 1. The van der Waals surface area contributed by atoms with Crippen molar-refractivity contribution in [3.63, 3.8) is 0 Å². The number of halogens is 4. The number of phenolic OH excluding ortho intramolecular Hbond substituents is 1. The molecule has 0 aliphatic carbocycles. The molecular formula is C91H115ClF3N15O22. The van der Waals surface area contributed by atoms with Gasteiger partial charge in [0.15, 0.2) is 0 Å². The number of rotatable bonds is 21. The second-order valence-corrected chi connectivity index (χ2v) is 34.9. The number of aryl methyl sites for hydroxylation is 1. The molecule has 13 aliphatic rings. The predicted molar refractivity (Wildman–Crippen MR) is 474 cm³/mol. The lowest BCUT2D eigenvalue weighted by Gasteiger charge is -2.51. The number of aliphatic carboxylic acids is 1. The van der Waals surface area contributed by atoms with Crippen LogP contribution in [0.3, 0.4) is 0 Å². The smallest absolute Gasteiger partial charge is 0.414 e. The van der Waals surface area contributed by atoms with Gasteiger partial charge in [-0.3, -0.25) is 38.8 Å². The Morgan fingerprint density at radius 2 is 1.60 bits per heavy atom. The molecule has 11 saturated heterocycles. The van der Waals surface area contributed by atoms with Gasteiger partial charge in [-0.15, -0.1) is 0 Å². The number of likely N-dealkylation sites (N-methyl/N-ethyl adjacent to an activating group) is 1. The number of nitrogens with zero attached hydrogens (tertiary/aromatic N) is 8. The summed E-state index contributed by atoms with van der Waals surface area (Å²) in [6.07, 6.45) is 3.52. The number of nitrogens with one attached hydrogen (secondary N) is 5. The number of phenols is 1. The zero-order valence-corrected chi connectivity index (χ0v) is 74.8. The number of primary amides is 1. The lowest BCUT2D eigenvalue weighted by molar-refractivity contribution is -0.247. The molecule has 4 bridgehead atoms. The molecule has 0 spiro atoms. The molecule has 14 atom stereocenters. The Kier molecular flexibility index (Phi) is 31.3. The molecule has 0 saturated carbocycles. The zero-order valence-electron chi connectivity index (χ0n) is 74.0. The van der Waals surface area contributed by atoms with Gasteiger partial charge in [0.2, 0.25) is 11.7 Å². The van der Waals surface area contributed by atoms with Crippen molar-refractivity contribution in [3.05, 3.63) is 159 Å². The number of benzene rings is 6. The molecule has 41 heteroatoms. The van der Waals surface area contributed by atoms with Gasteiger partial charge in [-0.05, 0) is 159 Å². The van der Waals surface area contributed by atoms with E-state index in [0.29, 0.717) is 143 Å². The van der Waals surface area contributed by atoms with Crippen LogP contribution in [0.25, 0.3) is 10.9 Å². The number of hydrogen-bond acceptors (Lipinski definition) is 32. The number of morpholine rings is 3. The van der Waals surface area contributed by atoms with Crippen LogP contribution < -0.4 is 67.3 Å². The minimum absolute atomic E-state index is 0.0105. The van der Waals surface area contributed by atoms with Crippen LogP contribution >= 0.6 is 11.6 Å². The number of nitrogens with two attached hydrogens (primary N) is 2. The van der Waals surface area contributed by atoms with Crippen LogP contribution in [-0.4, -0.2) is 306 Å². The van der Waals surface area contributed by atoms with Gasteiger partial charge in [0.1, 0.15) is 77.6 Å². The normalized spacial score (nSPS) is 26.5. The fraction of sp³-hybridized carbons (Fsp3) is 0.527. The molecule has 132 heavy (non-hydrogen) atoms. The molecule has 1 aromatic heterocycles. The highest BCUT2D eigenvalue weighted by atomic mass is 35.5. The molecule has 7 aromatic rings. The number of ether oxygens (including phenoxy) is 10. The first-order valence-corrected chi connectivity index (χ1v) is 44.7. The van der Waals surface area contributed by atoms with Gasteiger partial charge in [-0.2, -0.15) is 0 Å². The number of piperazine rings is 1. The summed E-state index contributed by atoms with van der Waals surface area (Å²) in [7, 11) is 5.33. The lowest BCUT2D eigenvalue weighted by Crippen LogP contribution is -2.64. The van der Waals surface area contributed by atoms with Crippen molar-refractivity contribution < 1.29 is 120 Å². The van der Waals surface area contributed by atoms with E-state index in [9.17, 15) is 62.7 Å². The molecule has 6 aromatic carbocycles. The Hall–Kier alpha value is -10.3. The number of carbonyl (C=O) groups is 5. The average molecular weight is 1860 g/mol. The number of hydrogen-bond donors (Lipinski definition) is 12. The fourth-order valence-corrected chi connectivity index (χ4v) is 19.8. The lowest BCUT2D eigenvalue weighted by atomic mass is 9.74. The molecular weight excluding hydrogens is 1750 g/mol. The number of fused-ring (bicyclic) bond motifs is 13. The molecule has 20 rings (SSSR count). The predicted octanol–water partition coefficient (Wildman–Crippen LogP) is 5.56. The summed E-state index contributed by atoms with van der Waals surface area (Å²) in [6, 6.07) is 26.7. The van der Waals surface area contributed by atoms with E-state index in [1.807, 2.05) is 36.1 Å². The number of aliphatic hydroxyl groups excluding tert-OH is 1. The van der Waals surface area contributed by atoms with E-state index >= 15 is 0 Å². The van der Waals surface area contributed by atoms with Crippen LogP contribution in [0.15, 0.2) is 103 Å². The van der Waals surface area contributed by atoms with Gasteiger partial charge in [0.05, 0.1) is 163 Å². The number of aliphatic hydroxyl groups is 3. The molecule has 4 amide bonds. The van der Waals surface area contributed by atoms with E-state index in [-0.39, 0.29) is 121 Å². The van der Waals surface area contributed by atoms with E-state index < -0.39 is 53.4 Å². The molecule has 14 heterocycles. The third-order valence-corrected chi connectivity index (χ3v) is 26.5. The Bertz CT molecular complexity index is 5220. The van der Waals surface area contributed by atoms with Crippen molar-refractivity contribution in [3.8, 4) is 23.0 Å². The number of methoxy groups -OCH3 is 2. The number of aromatic nitrogens is 2. The van der Waals surface area contributed by atoms with E-state index in [4.69, 9.17) is 75.3 Å². The summed E-state index contributed by atoms with van der Waals surface area (Å²) >= 11 is 5.89. The summed E-state index contributed by atoms with van der Waals surface area (Å²) in [6.45, 7) is 15.7. The third kappa shape index (κ3) is 21.7. The van der Waals surface area contributed by atoms with Gasteiger partial charge in [-0.25, -0.2) is 48.1 Å². The number of carbonyl (C=O) groups excluding carboxylic acids is 4. The highest BCUT2D eigenvalue weighted by molar-refractivity contribution is 6.31. The summed E-state index contributed by atoms with van der Waals surface area (Å²) < 4.78 is 96.9.